The Kier molecular flexibility index (Phi) is 6.67. The summed E-state index contributed by atoms with van der Waals surface area (Å²) in [6.45, 7) is 5.23. The molecule has 3 fully saturated rings. The summed E-state index contributed by atoms with van der Waals surface area (Å²) < 4.78 is 16.5. The summed E-state index contributed by atoms with van der Waals surface area (Å²) >= 11 is 0. The molecule has 0 aromatic heterocycles. The van der Waals surface area contributed by atoms with Crippen LogP contribution in [0.3, 0.4) is 0 Å². The highest BCUT2D eigenvalue weighted by molar-refractivity contribution is 5.85. The summed E-state index contributed by atoms with van der Waals surface area (Å²) in [6.07, 6.45) is 5.58. The topological polar surface area (TPSA) is 68.3 Å². The fraction of sp³-hybridized carbons (Fsp3) is 0.889. The zero-order valence-corrected chi connectivity index (χ0v) is 15.2. The first-order chi connectivity index (χ1) is 12.2. The van der Waals surface area contributed by atoms with E-state index in [2.05, 4.69) is 4.90 Å². The Morgan fingerprint density at radius 3 is 2.52 bits per heavy atom. The first-order valence-corrected chi connectivity index (χ1v) is 9.64. The number of nitrogens with zero attached hydrogens (tertiary/aromatic N) is 2. The number of carbonyl (C=O) groups excluding carboxylic acids is 2. The Morgan fingerprint density at radius 2 is 1.76 bits per heavy atom. The third kappa shape index (κ3) is 4.51. The van der Waals surface area contributed by atoms with Gasteiger partial charge in [-0.25, -0.2) is 4.79 Å². The quantitative estimate of drug-likeness (QED) is 0.690. The Bertz CT molecular complexity index is 466. The molecule has 2 atom stereocenters. The molecule has 0 aromatic carbocycles. The second-order valence-corrected chi connectivity index (χ2v) is 6.99. The van der Waals surface area contributed by atoms with Crippen molar-refractivity contribution in [3.63, 3.8) is 0 Å². The summed E-state index contributed by atoms with van der Waals surface area (Å²) in [5.74, 6) is -0.254. The second kappa shape index (κ2) is 8.96. The molecule has 0 radical (unpaired) electrons. The van der Waals surface area contributed by atoms with E-state index in [1.807, 2.05) is 0 Å². The SMILES string of the molecule is CCOC(=O)C1CCCCN1C(=O)CN1CCCCC1C1OCCO1. The molecule has 3 saturated heterocycles. The molecule has 7 nitrogen and oxygen atoms in total. The van der Waals surface area contributed by atoms with Crippen molar-refractivity contribution in [2.24, 2.45) is 0 Å². The average Bonchev–Trinajstić information content (AvgIpc) is 3.17. The Labute approximate surface area is 149 Å². The predicted molar refractivity (Wildman–Crippen MR) is 90.9 cm³/mol. The van der Waals surface area contributed by atoms with E-state index in [-0.39, 0.29) is 24.2 Å². The van der Waals surface area contributed by atoms with Crippen molar-refractivity contribution >= 4 is 11.9 Å². The number of piperidine rings is 2. The molecule has 3 rings (SSSR count). The highest BCUT2D eigenvalue weighted by Crippen LogP contribution is 2.25. The molecule has 0 aromatic rings. The molecule has 0 spiro atoms. The van der Waals surface area contributed by atoms with Gasteiger partial charge in [0, 0.05) is 6.54 Å². The van der Waals surface area contributed by atoms with Crippen molar-refractivity contribution in [3.8, 4) is 0 Å². The third-order valence-corrected chi connectivity index (χ3v) is 5.35. The smallest absolute Gasteiger partial charge is 0.328 e. The zero-order valence-electron chi connectivity index (χ0n) is 15.2. The van der Waals surface area contributed by atoms with E-state index < -0.39 is 6.04 Å². The van der Waals surface area contributed by atoms with E-state index in [1.165, 1.54) is 0 Å². The summed E-state index contributed by atoms with van der Waals surface area (Å²) in [5.41, 5.74) is 0. The summed E-state index contributed by atoms with van der Waals surface area (Å²) in [7, 11) is 0. The lowest BCUT2D eigenvalue weighted by atomic mass is 10.00. The van der Waals surface area contributed by atoms with E-state index in [0.29, 0.717) is 39.3 Å². The van der Waals surface area contributed by atoms with Crippen LogP contribution in [0.25, 0.3) is 0 Å². The number of hydrogen-bond donors (Lipinski definition) is 0. The van der Waals surface area contributed by atoms with E-state index >= 15 is 0 Å². The van der Waals surface area contributed by atoms with Crippen LogP contribution in [0.1, 0.15) is 45.4 Å². The average molecular weight is 354 g/mol. The highest BCUT2D eigenvalue weighted by atomic mass is 16.7. The van der Waals surface area contributed by atoms with Crippen LogP contribution in [0.2, 0.25) is 0 Å². The molecule has 7 heteroatoms. The fourth-order valence-corrected chi connectivity index (χ4v) is 4.10. The minimum atomic E-state index is -0.427. The second-order valence-electron chi connectivity index (χ2n) is 6.99. The maximum Gasteiger partial charge on any atom is 0.328 e. The zero-order chi connectivity index (χ0) is 17.6. The Balaban J connectivity index is 1.63. The Morgan fingerprint density at radius 1 is 1.04 bits per heavy atom. The number of rotatable bonds is 5. The van der Waals surface area contributed by atoms with Crippen molar-refractivity contribution < 1.29 is 23.8 Å². The number of carbonyl (C=O) groups is 2. The van der Waals surface area contributed by atoms with Crippen LogP contribution in [-0.4, -0.2) is 79.5 Å². The molecular formula is C18H30N2O5. The van der Waals surface area contributed by atoms with E-state index in [4.69, 9.17) is 14.2 Å². The van der Waals surface area contributed by atoms with Gasteiger partial charge in [0.25, 0.3) is 0 Å². The summed E-state index contributed by atoms with van der Waals surface area (Å²) in [4.78, 5) is 29.1. The van der Waals surface area contributed by atoms with E-state index in [0.717, 1.165) is 38.6 Å². The van der Waals surface area contributed by atoms with Crippen molar-refractivity contribution in [1.29, 1.82) is 0 Å². The molecule has 0 N–H and O–H groups in total. The molecule has 3 aliphatic heterocycles. The predicted octanol–water partition coefficient (Wildman–Crippen LogP) is 1.16. The van der Waals surface area contributed by atoms with Gasteiger partial charge in [-0.05, 0) is 45.6 Å². The maximum absolute atomic E-state index is 12.9. The van der Waals surface area contributed by atoms with E-state index in [1.54, 1.807) is 11.8 Å². The van der Waals surface area contributed by atoms with Crippen LogP contribution in [0.4, 0.5) is 0 Å². The van der Waals surface area contributed by atoms with Crippen molar-refractivity contribution in [2.45, 2.75) is 63.8 Å². The van der Waals surface area contributed by atoms with Crippen LogP contribution >= 0.6 is 0 Å². The van der Waals surface area contributed by atoms with Gasteiger partial charge in [-0.2, -0.15) is 0 Å². The molecule has 1 amide bonds. The van der Waals surface area contributed by atoms with Gasteiger partial charge in [0.05, 0.1) is 32.4 Å². The summed E-state index contributed by atoms with van der Waals surface area (Å²) in [5, 5.41) is 0. The summed E-state index contributed by atoms with van der Waals surface area (Å²) in [6, 6.07) is -0.297. The molecule has 142 valence electrons. The van der Waals surface area contributed by atoms with Crippen LogP contribution < -0.4 is 0 Å². The van der Waals surface area contributed by atoms with Gasteiger partial charge < -0.3 is 19.1 Å². The van der Waals surface area contributed by atoms with Crippen LogP contribution in [0.15, 0.2) is 0 Å². The van der Waals surface area contributed by atoms with Crippen molar-refractivity contribution in [2.75, 3.05) is 39.5 Å². The van der Waals surface area contributed by atoms with Gasteiger partial charge in [-0.15, -0.1) is 0 Å². The number of hydrogen-bond acceptors (Lipinski definition) is 6. The monoisotopic (exact) mass is 354 g/mol. The van der Waals surface area contributed by atoms with Gasteiger partial charge in [-0.1, -0.05) is 6.42 Å². The molecule has 3 aliphatic rings. The van der Waals surface area contributed by atoms with Crippen LogP contribution in [0, 0.1) is 0 Å². The molecular weight excluding hydrogens is 324 g/mol. The lowest BCUT2D eigenvalue weighted by Gasteiger charge is -2.40. The maximum atomic E-state index is 12.9. The lowest BCUT2D eigenvalue weighted by Crippen LogP contribution is -2.55. The molecule has 0 saturated carbocycles. The van der Waals surface area contributed by atoms with Crippen LogP contribution in [-0.2, 0) is 23.8 Å². The molecule has 0 bridgehead atoms. The van der Waals surface area contributed by atoms with Crippen LogP contribution in [0.5, 0.6) is 0 Å². The number of likely N-dealkylation sites (tertiary alicyclic amines) is 2. The molecule has 25 heavy (non-hydrogen) atoms. The lowest BCUT2D eigenvalue weighted by molar-refractivity contribution is -0.158. The fourth-order valence-electron chi connectivity index (χ4n) is 4.10. The number of amides is 1. The highest BCUT2D eigenvalue weighted by Gasteiger charge is 2.38. The number of esters is 1. The molecule has 3 heterocycles. The van der Waals surface area contributed by atoms with Gasteiger partial charge in [-0.3, -0.25) is 9.69 Å². The largest absolute Gasteiger partial charge is 0.464 e. The van der Waals surface area contributed by atoms with Gasteiger partial charge in [0.1, 0.15) is 6.04 Å². The molecule has 0 aliphatic carbocycles. The third-order valence-electron chi connectivity index (χ3n) is 5.35. The van der Waals surface area contributed by atoms with Gasteiger partial charge in [0.15, 0.2) is 6.29 Å². The number of ether oxygens (including phenoxy) is 3. The first-order valence-electron chi connectivity index (χ1n) is 9.64. The first kappa shape index (κ1) is 18.6. The Hall–Kier alpha value is -1.18. The minimum absolute atomic E-state index is 0.0163. The normalized spacial score (nSPS) is 28.9. The van der Waals surface area contributed by atoms with Gasteiger partial charge in [0.2, 0.25) is 5.91 Å². The molecule has 2 unspecified atom stereocenters. The van der Waals surface area contributed by atoms with Crippen molar-refractivity contribution in [3.05, 3.63) is 0 Å². The van der Waals surface area contributed by atoms with Crippen molar-refractivity contribution in [1.82, 2.24) is 9.80 Å². The van der Waals surface area contributed by atoms with Gasteiger partial charge >= 0.3 is 5.97 Å². The van der Waals surface area contributed by atoms with E-state index in [9.17, 15) is 9.59 Å². The standard InChI is InChI=1S/C18H30N2O5/c1-2-23-17(22)14-7-4-6-10-20(14)16(21)13-19-9-5-3-8-15(19)18-24-11-12-25-18/h14-15,18H,2-13H2,1H3. The minimum Gasteiger partial charge on any atom is -0.464 e.